The number of rotatable bonds is 5. The number of amides is 2. The Bertz CT molecular complexity index is 980. The number of pyridine rings is 1. The van der Waals surface area contributed by atoms with Crippen LogP contribution in [0.1, 0.15) is 26.3 Å². The molecule has 5 nitrogen and oxygen atoms in total. The number of halogens is 2. The van der Waals surface area contributed by atoms with Crippen LogP contribution in [0.4, 0.5) is 10.1 Å². The SMILES string of the molecule is O=C(NCc1ccccc1)c1cncc(C(=O)Nc2ccc(F)c(Cl)c2)c1. The highest BCUT2D eigenvalue weighted by atomic mass is 35.5. The van der Waals surface area contributed by atoms with Crippen LogP contribution < -0.4 is 10.6 Å². The lowest BCUT2D eigenvalue weighted by atomic mass is 10.1. The summed E-state index contributed by atoms with van der Waals surface area (Å²) in [6.07, 6.45) is 2.72. The number of benzene rings is 2. The van der Waals surface area contributed by atoms with E-state index in [-0.39, 0.29) is 22.1 Å². The van der Waals surface area contributed by atoms with Gasteiger partial charge in [0.05, 0.1) is 16.1 Å². The number of anilines is 1. The lowest BCUT2D eigenvalue weighted by molar-refractivity contribution is 0.0950. The van der Waals surface area contributed by atoms with E-state index in [1.165, 1.54) is 30.6 Å². The molecule has 0 atom stereocenters. The molecule has 0 saturated heterocycles. The molecule has 1 heterocycles. The largest absolute Gasteiger partial charge is 0.348 e. The molecule has 1 aromatic heterocycles. The van der Waals surface area contributed by atoms with Crippen LogP contribution in [-0.2, 0) is 6.54 Å². The van der Waals surface area contributed by atoms with E-state index in [4.69, 9.17) is 11.6 Å². The summed E-state index contributed by atoms with van der Waals surface area (Å²) in [5, 5.41) is 5.27. The van der Waals surface area contributed by atoms with Crippen LogP contribution in [0.2, 0.25) is 5.02 Å². The molecule has 3 rings (SSSR count). The van der Waals surface area contributed by atoms with E-state index in [1.807, 2.05) is 30.3 Å². The quantitative estimate of drug-likeness (QED) is 0.698. The zero-order chi connectivity index (χ0) is 19.2. The van der Waals surface area contributed by atoms with Crippen molar-refractivity contribution in [1.82, 2.24) is 10.3 Å². The molecule has 0 bridgehead atoms. The van der Waals surface area contributed by atoms with Gasteiger partial charge in [0.15, 0.2) is 0 Å². The molecule has 0 unspecified atom stereocenters. The standard InChI is InChI=1S/C20H15ClFN3O2/c21-17-9-16(6-7-18(17)22)25-20(27)15-8-14(11-23-12-15)19(26)24-10-13-4-2-1-3-5-13/h1-9,11-12H,10H2,(H,24,26)(H,25,27). The van der Waals surface area contributed by atoms with Gasteiger partial charge in [-0.15, -0.1) is 0 Å². The molecule has 2 aromatic carbocycles. The van der Waals surface area contributed by atoms with Crippen molar-refractivity contribution in [2.45, 2.75) is 6.54 Å². The van der Waals surface area contributed by atoms with Crippen molar-refractivity contribution in [3.05, 3.63) is 94.5 Å². The monoisotopic (exact) mass is 383 g/mol. The molecule has 2 N–H and O–H groups in total. The molecule has 136 valence electrons. The van der Waals surface area contributed by atoms with Gasteiger partial charge in [-0.1, -0.05) is 41.9 Å². The normalized spacial score (nSPS) is 10.3. The lowest BCUT2D eigenvalue weighted by Crippen LogP contribution is -2.23. The fraction of sp³-hybridized carbons (Fsp3) is 0.0500. The minimum Gasteiger partial charge on any atom is -0.348 e. The molecular formula is C20H15ClFN3O2. The van der Waals surface area contributed by atoms with Crippen molar-refractivity contribution in [3.63, 3.8) is 0 Å². The summed E-state index contributed by atoms with van der Waals surface area (Å²) in [5.74, 6) is -1.40. The van der Waals surface area contributed by atoms with Gasteiger partial charge in [0.2, 0.25) is 0 Å². The molecule has 3 aromatic rings. The summed E-state index contributed by atoms with van der Waals surface area (Å²) in [6.45, 7) is 0.365. The highest BCUT2D eigenvalue weighted by Gasteiger charge is 2.12. The molecule has 0 radical (unpaired) electrons. The van der Waals surface area contributed by atoms with Gasteiger partial charge in [-0.05, 0) is 29.8 Å². The minimum absolute atomic E-state index is 0.0973. The molecule has 0 aliphatic rings. The maximum Gasteiger partial charge on any atom is 0.257 e. The second kappa shape index (κ2) is 8.42. The highest BCUT2D eigenvalue weighted by Crippen LogP contribution is 2.20. The number of hydrogen-bond acceptors (Lipinski definition) is 3. The number of hydrogen-bond donors (Lipinski definition) is 2. The number of carbonyl (C=O) groups excluding carboxylic acids is 2. The second-order valence-corrected chi connectivity index (χ2v) is 6.12. The molecule has 27 heavy (non-hydrogen) atoms. The van der Waals surface area contributed by atoms with E-state index < -0.39 is 11.7 Å². The van der Waals surface area contributed by atoms with Gasteiger partial charge in [0, 0.05) is 24.6 Å². The molecule has 0 spiro atoms. The molecule has 0 saturated carbocycles. The minimum atomic E-state index is -0.576. The van der Waals surface area contributed by atoms with Gasteiger partial charge in [-0.25, -0.2) is 4.39 Å². The fourth-order valence-electron chi connectivity index (χ4n) is 2.35. The Kier molecular flexibility index (Phi) is 5.78. The van der Waals surface area contributed by atoms with Crippen molar-refractivity contribution in [2.24, 2.45) is 0 Å². The van der Waals surface area contributed by atoms with Gasteiger partial charge in [-0.3, -0.25) is 14.6 Å². The van der Waals surface area contributed by atoms with Gasteiger partial charge in [-0.2, -0.15) is 0 Å². The Morgan fingerprint density at radius 2 is 1.67 bits per heavy atom. The van der Waals surface area contributed by atoms with E-state index in [1.54, 1.807) is 0 Å². The Morgan fingerprint density at radius 3 is 2.37 bits per heavy atom. The van der Waals surface area contributed by atoms with Gasteiger partial charge in [0.25, 0.3) is 11.8 Å². The number of carbonyl (C=O) groups is 2. The summed E-state index contributed by atoms with van der Waals surface area (Å²) < 4.78 is 13.2. The van der Waals surface area contributed by atoms with Crippen LogP contribution in [0.15, 0.2) is 67.0 Å². The molecule has 0 aliphatic carbocycles. The van der Waals surface area contributed by atoms with Gasteiger partial charge < -0.3 is 10.6 Å². The summed E-state index contributed by atoms with van der Waals surface area (Å²) in [5.41, 5.74) is 1.75. The highest BCUT2D eigenvalue weighted by molar-refractivity contribution is 6.31. The molecule has 7 heteroatoms. The van der Waals surface area contributed by atoms with Crippen molar-refractivity contribution in [3.8, 4) is 0 Å². The first kappa shape index (κ1) is 18.5. The van der Waals surface area contributed by atoms with Crippen LogP contribution >= 0.6 is 11.6 Å². The summed E-state index contributed by atoms with van der Waals surface area (Å²) >= 11 is 5.70. The van der Waals surface area contributed by atoms with Crippen LogP contribution in [0.3, 0.4) is 0 Å². The first-order valence-electron chi connectivity index (χ1n) is 8.06. The van der Waals surface area contributed by atoms with E-state index in [2.05, 4.69) is 15.6 Å². The zero-order valence-corrected chi connectivity index (χ0v) is 14.8. The summed E-state index contributed by atoms with van der Waals surface area (Å²) in [4.78, 5) is 28.6. The predicted octanol–water partition coefficient (Wildman–Crippen LogP) is 4.06. The number of nitrogens with one attached hydrogen (secondary N) is 2. The lowest BCUT2D eigenvalue weighted by Gasteiger charge is -2.08. The first-order valence-corrected chi connectivity index (χ1v) is 8.44. The Balaban J connectivity index is 1.67. The second-order valence-electron chi connectivity index (χ2n) is 5.71. The van der Waals surface area contributed by atoms with Crippen LogP contribution in [0, 0.1) is 5.82 Å². The van der Waals surface area contributed by atoms with Crippen LogP contribution in [0.25, 0.3) is 0 Å². The van der Waals surface area contributed by atoms with E-state index in [0.29, 0.717) is 12.2 Å². The topological polar surface area (TPSA) is 71.1 Å². The van der Waals surface area contributed by atoms with E-state index in [0.717, 1.165) is 11.6 Å². The summed E-state index contributed by atoms with van der Waals surface area (Å²) in [7, 11) is 0. The van der Waals surface area contributed by atoms with Crippen molar-refractivity contribution >= 4 is 29.1 Å². The fourth-order valence-corrected chi connectivity index (χ4v) is 2.53. The van der Waals surface area contributed by atoms with E-state index in [9.17, 15) is 14.0 Å². The molecular weight excluding hydrogens is 369 g/mol. The molecule has 2 amide bonds. The van der Waals surface area contributed by atoms with Gasteiger partial charge >= 0.3 is 0 Å². The zero-order valence-electron chi connectivity index (χ0n) is 14.1. The van der Waals surface area contributed by atoms with Crippen molar-refractivity contribution in [2.75, 3.05) is 5.32 Å². The Labute approximate surface area is 160 Å². The molecule has 0 fully saturated rings. The third-order valence-corrected chi connectivity index (χ3v) is 4.03. The number of nitrogens with zero attached hydrogens (tertiary/aromatic N) is 1. The van der Waals surface area contributed by atoms with Crippen molar-refractivity contribution < 1.29 is 14.0 Å². The first-order chi connectivity index (χ1) is 13.0. The average Bonchev–Trinajstić information content (AvgIpc) is 2.70. The van der Waals surface area contributed by atoms with Crippen molar-refractivity contribution in [1.29, 1.82) is 0 Å². The maximum atomic E-state index is 13.2. The smallest absolute Gasteiger partial charge is 0.257 e. The summed E-state index contributed by atoms with van der Waals surface area (Å²) in [6, 6.07) is 14.8. The van der Waals surface area contributed by atoms with Gasteiger partial charge in [0.1, 0.15) is 5.82 Å². The van der Waals surface area contributed by atoms with E-state index >= 15 is 0 Å². The van der Waals surface area contributed by atoms with Crippen LogP contribution in [-0.4, -0.2) is 16.8 Å². The average molecular weight is 384 g/mol. The predicted molar refractivity (Wildman–Crippen MR) is 101 cm³/mol. The maximum absolute atomic E-state index is 13.2. The van der Waals surface area contributed by atoms with Crippen LogP contribution in [0.5, 0.6) is 0 Å². The number of aromatic nitrogens is 1. The Hall–Kier alpha value is -3.25. The third-order valence-electron chi connectivity index (χ3n) is 3.74. The molecule has 0 aliphatic heterocycles. The third kappa shape index (κ3) is 4.89. The Morgan fingerprint density at radius 1 is 0.963 bits per heavy atom.